The average Bonchev–Trinajstić information content (AvgIpc) is 2.88. The molecule has 0 aliphatic heterocycles. The van der Waals surface area contributed by atoms with Crippen LogP contribution in [0.25, 0.3) is 10.9 Å². The van der Waals surface area contributed by atoms with Crippen LogP contribution in [-0.2, 0) is 11.8 Å². The van der Waals surface area contributed by atoms with Crippen molar-refractivity contribution in [1.29, 1.82) is 0 Å². The summed E-state index contributed by atoms with van der Waals surface area (Å²) in [6.45, 7) is 11.2. The van der Waals surface area contributed by atoms with Crippen LogP contribution in [0.2, 0.25) is 0 Å². The summed E-state index contributed by atoms with van der Waals surface area (Å²) in [4.78, 5) is 4.75. The zero-order chi connectivity index (χ0) is 18.0. The van der Waals surface area contributed by atoms with Gasteiger partial charge in [0.05, 0.1) is 0 Å². The van der Waals surface area contributed by atoms with Gasteiger partial charge in [-0.25, -0.2) is 0 Å². The maximum atomic E-state index is 3.59. The van der Waals surface area contributed by atoms with Crippen molar-refractivity contribution in [3.63, 3.8) is 0 Å². The molecule has 0 bridgehead atoms. The Labute approximate surface area is 155 Å². The van der Waals surface area contributed by atoms with Gasteiger partial charge in [-0.15, -0.1) is 0 Å². The average molecular weight is 353 g/mol. The first kappa shape index (κ1) is 18.1. The van der Waals surface area contributed by atoms with E-state index in [0.717, 1.165) is 6.42 Å². The zero-order valence-electron chi connectivity index (χ0n) is 15.8. The third kappa shape index (κ3) is 4.28. The van der Waals surface area contributed by atoms with Crippen molar-refractivity contribution in [3.05, 3.63) is 65.4 Å². The summed E-state index contributed by atoms with van der Waals surface area (Å²) >= 11 is 1.72. The Kier molecular flexibility index (Phi) is 5.26. The molecule has 0 amide bonds. The van der Waals surface area contributed by atoms with E-state index >= 15 is 0 Å². The first-order chi connectivity index (χ1) is 11.8. The van der Waals surface area contributed by atoms with Gasteiger partial charge in [0.1, 0.15) is 0 Å². The van der Waals surface area contributed by atoms with Crippen LogP contribution >= 0.6 is 11.9 Å². The highest BCUT2D eigenvalue weighted by Gasteiger charge is 2.14. The van der Waals surface area contributed by atoms with Crippen LogP contribution < -0.4 is 4.72 Å². The largest absolute Gasteiger partial charge is 0.358 e. The lowest BCUT2D eigenvalue weighted by Gasteiger charge is -2.19. The van der Waals surface area contributed by atoms with Gasteiger partial charge >= 0.3 is 0 Å². The lowest BCUT2D eigenvalue weighted by Crippen LogP contribution is -2.21. The number of benzene rings is 2. The van der Waals surface area contributed by atoms with E-state index in [-0.39, 0.29) is 5.41 Å². The standard InChI is InChI=1S/C22H28N2S/c1-15(14-20-16(2)23-21-9-7-6-8-19(20)21)24-25-18-12-10-17(11-13-18)22(3,4)5/h6-13,15,23-24H,14H2,1-5H3. The van der Waals surface area contributed by atoms with E-state index in [1.165, 1.54) is 32.6 Å². The molecule has 2 nitrogen and oxygen atoms in total. The van der Waals surface area contributed by atoms with Gasteiger partial charge in [0.25, 0.3) is 0 Å². The number of H-pyrrole nitrogens is 1. The van der Waals surface area contributed by atoms with Crippen molar-refractivity contribution < 1.29 is 0 Å². The number of aromatic nitrogens is 1. The molecule has 0 radical (unpaired) electrons. The molecule has 25 heavy (non-hydrogen) atoms. The van der Waals surface area contributed by atoms with Gasteiger partial charge in [-0.2, -0.15) is 0 Å². The molecule has 1 unspecified atom stereocenters. The van der Waals surface area contributed by atoms with Crippen LogP contribution in [-0.4, -0.2) is 11.0 Å². The lowest BCUT2D eigenvalue weighted by atomic mass is 9.87. The van der Waals surface area contributed by atoms with Crippen LogP contribution in [0.15, 0.2) is 53.4 Å². The first-order valence-corrected chi connectivity index (χ1v) is 9.75. The predicted molar refractivity (Wildman–Crippen MR) is 110 cm³/mol. The van der Waals surface area contributed by atoms with Crippen molar-refractivity contribution >= 4 is 22.9 Å². The van der Waals surface area contributed by atoms with Gasteiger partial charge in [-0.05, 0) is 67.0 Å². The highest BCUT2D eigenvalue weighted by molar-refractivity contribution is 7.97. The predicted octanol–water partition coefficient (Wildman–Crippen LogP) is 6.00. The van der Waals surface area contributed by atoms with Crippen LogP contribution in [0.1, 0.15) is 44.5 Å². The van der Waals surface area contributed by atoms with Crippen molar-refractivity contribution in [2.75, 3.05) is 0 Å². The smallest absolute Gasteiger partial charge is 0.0458 e. The van der Waals surface area contributed by atoms with Crippen molar-refractivity contribution in [3.8, 4) is 0 Å². The van der Waals surface area contributed by atoms with Crippen LogP contribution in [0.3, 0.4) is 0 Å². The van der Waals surface area contributed by atoms with Crippen molar-refractivity contribution in [1.82, 2.24) is 9.71 Å². The molecule has 1 atom stereocenters. The van der Waals surface area contributed by atoms with Gasteiger partial charge in [-0.3, -0.25) is 4.72 Å². The van der Waals surface area contributed by atoms with Crippen molar-refractivity contribution in [2.24, 2.45) is 0 Å². The number of aromatic amines is 1. The Morgan fingerprint density at radius 1 is 1.04 bits per heavy atom. The maximum absolute atomic E-state index is 3.59. The Balaban J connectivity index is 1.63. The number of para-hydroxylation sites is 1. The highest BCUT2D eigenvalue weighted by atomic mass is 32.2. The van der Waals surface area contributed by atoms with E-state index in [4.69, 9.17) is 0 Å². The Morgan fingerprint density at radius 3 is 2.40 bits per heavy atom. The summed E-state index contributed by atoms with van der Waals surface area (Å²) in [6, 6.07) is 17.8. The summed E-state index contributed by atoms with van der Waals surface area (Å²) in [5, 5.41) is 1.34. The minimum atomic E-state index is 0.205. The number of nitrogens with one attached hydrogen (secondary N) is 2. The van der Waals surface area contributed by atoms with E-state index in [1.54, 1.807) is 11.9 Å². The minimum Gasteiger partial charge on any atom is -0.358 e. The molecular formula is C22H28N2S. The molecule has 3 rings (SSSR count). The fourth-order valence-electron chi connectivity index (χ4n) is 3.14. The summed E-state index contributed by atoms with van der Waals surface area (Å²) in [7, 11) is 0. The molecule has 0 aliphatic rings. The van der Waals surface area contributed by atoms with Crippen LogP contribution in [0, 0.1) is 6.92 Å². The van der Waals surface area contributed by atoms with Crippen LogP contribution in [0.4, 0.5) is 0 Å². The van der Waals surface area contributed by atoms with Gasteiger partial charge in [0.15, 0.2) is 0 Å². The molecule has 0 saturated carbocycles. The number of rotatable bonds is 5. The molecular weight excluding hydrogens is 324 g/mol. The second kappa shape index (κ2) is 7.27. The number of aryl methyl sites for hydroxylation is 1. The summed E-state index contributed by atoms with van der Waals surface area (Å²) in [5.74, 6) is 0. The van der Waals surface area contributed by atoms with Crippen molar-refractivity contribution in [2.45, 2.75) is 57.4 Å². The van der Waals surface area contributed by atoms with E-state index < -0.39 is 0 Å². The Morgan fingerprint density at radius 2 is 1.72 bits per heavy atom. The topological polar surface area (TPSA) is 27.8 Å². The van der Waals surface area contributed by atoms with Gasteiger partial charge in [0.2, 0.25) is 0 Å². The molecule has 0 aliphatic carbocycles. The molecule has 3 heteroatoms. The highest BCUT2D eigenvalue weighted by Crippen LogP contribution is 2.26. The summed E-state index contributed by atoms with van der Waals surface area (Å²) in [6.07, 6.45) is 1.02. The summed E-state index contributed by atoms with van der Waals surface area (Å²) in [5.41, 5.74) is 5.50. The van der Waals surface area contributed by atoms with Gasteiger partial charge in [-0.1, -0.05) is 51.1 Å². The molecule has 1 heterocycles. The van der Waals surface area contributed by atoms with E-state index in [2.05, 4.69) is 92.9 Å². The van der Waals surface area contributed by atoms with E-state index in [9.17, 15) is 0 Å². The van der Waals surface area contributed by atoms with E-state index in [1.807, 2.05) is 0 Å². The third-order valence-corrected chi connectivity index (χ3v) is 5.66. The molecule has 132 valence electrons. The third-order valence-electron chi connectivity index (χ3n) is 4.64. The van der Waals surface area contributed by atoms with Crippen LogP contribution in [0.5, 0.6) is 0 Å². The fraction of sp³-hybridized carbons (Fsp3) is 0.364. The molecule has 2 N–H and O–H groups in total. The molecule has 3 aromatic rings. The Hall–Kier alpha value is -1.71. The molecule has 0 saturated heterocycles. The maximum Gasteiger partial charge on any atom is 0.0458 e. The molecule has 0 fully saturated rings. The number of fused-ring (bicyclic) bond motifs is 1. The monoisotopic (exact) mass is 352 g/mol. The zero-order valence-corrected chi connectivity index (χ0v) is 16.6. The second-order valence-corrected chi connectivity index (χ2v) is 8.78. The number of hydrogen-bond acceptors (Lipinski definition) is 2. The molecule has 1 aromatic heterocycles. The van der Waals surface area contributed by atoms with Gasteiger partial charge < -0.3 is 4.98 Å². The quantitative estimate of drug-likeness (QED) is 0.551. The lowest BCUT2D eigenvalue weighted by molar-refractivity contribution is 0.589. The molecule has 2 aromatic carbocycles. The van der Waals surface area contributed by atoms with Gasteiger partial charge in [0, 0.05) is 27.5 Å². The van der Waals surface area contributed by atoms with E-state index in [0.29, 0.717) is 6.04 Å². The molecule has 0 spiro atoms. The first-order valence-electron chi connectivity index (χ1n) is 8.93. The Bertz CT molecular complexity index is 841. The second-order valence-electron chi connectivity index (χ2n) is 7.87. The normalized spacial score (nSPS) is 13.3. The summed E-state index contributed by atoms with van der Waals surface area (Å²) < 4.78 is 3.59. The number of hydrogen-bond donors (Lipinski definition) is 2. The SMILES string of the molecule is Cc1[nH]c2ccccc2c1CC(C)NSc1ccc(C(C)(C)C)cc1. The fourth-order valence-corrected chi connectivity index (χ4v) is 3.83. The minimum absolute atomic E-state index is 0.205.